The molecule has 0 spiro atoms. The first-order valence-corrected chi connectivity index (χ1v) is 7.70. The molecule has 0 bridgehead atoms. The van der Waals surface area contributed by atoms with Gasteiger partial charge >= 0.3 is 6.03 Å². The molecule has 120 valence electrons. The van der Waals surface area contributed by atoms with Crippen molar-refractivity contribution < 1.29 is 9.53 Å². The molecule has 2 amide bonds. The summed E-state index contributed by atoms with van der Waals surface area (Å²) in [5.74, 6) is 0.502. The van der Waals surface area contributed by atoms with Crippen LogP contribution >= 0.6 is 0 Å². The minimum Gasteiger partial charge on any atom is -0.471 e. The Bertz CT molecular complexity index is 687. The second-order valence-corrected chi connectivity index (χ2v) is 5.73. The van der Waals surface area contributed by atoms with Crippen molar-refractivity contribution in [3.63, 3.8) is 0 Å². The van der Waals surface area contributed by atoms with E-state index in [0.717, 1.165) is 23.4 Å². The third-order valence-electron chi connectivity index (χ3n) is 3.88. The number of para-hydroxylation sites is 1. The molecule has 1 aliphatic rings. The van der Waals surface area contributed by atoms with Crippen LogP contribution in [0.3, 0.4) is 0 Å². The van der Waals surface area contributed by atoms with Gasteiger partial charge in [0, 0.05) is 24.7 Å². The Balaban J connectivity index is 1.55. The van der Waals surface area contributed by atoms with Crippen LogP contribution in [0.1, 0.15) is 17.7 Å². The molecule has 1 atom stereocenters. The first-order chi connectivity index (χ1) is 11.1. The Morgan fingerprint density at radius 1 is 1.22 bits per heavy atom. The Hall–Kier alpha value is -2.63. The third-order valence-corrected chi connectivity index (χ3v) is 3.88. The number of hydrogen-bond acceptors (Lipinski definition) is 4. The van der Waals surface area contributed by atoms with Crippen molar-refractivity contribution in [2.75, 3.05) is 18.4 Å². The fraction of sp³-hybridized carbons (Fsp3) is 0.353. The summed E-state index contributed by atoms with van der Waals surface area (Å²) >= 11 is 0. The van der Waals surface area contributed by atoms with Crippen molar-refractivity contribution >= 4 is 11.7 Å². The number of hydrogen-bond donors (Lipinski definition) is 1. The van der Waals surface area contributed by atoms with Crippen molar-refractivity contribution in [3.8, 4) is 5.88 Å². The molecule has 23 heavy (non-hydrogen) atoms. The van der Waals surface area contributed by atoms with E-state index in [0.29, 0.717) is 19.0 Å². The number of likely N-dealkylation sites (tertiary alicyclic amines) is 1. The van der Waals surface area contributed by atoms with Crippen molar-refractivity contribution in [1.82, 2.24) is 15.1 Å². The molecule has 1 aliphatic heterocycles. The standard InChI is InChI=1S/C17H20N4O2/c1-12-5-3-4-6-15(12)18-17(22)21-10-9-14(11-21)23-16-8-7-13(2)19-20-16/h3-8,14H,9-11H2,1-2H3,(H,18,22). The summed E-state index contributed by atoms with van der Waals surface area (Å²) in [6.45, 7) is 5.07. The van der Waals surface area contributed by atoms with Gasteiger partial charge in [-0.1, -0.05) is 18.2 Å². The molecule has 1 aromatic heterocycles. The van der Waals surface area contributed by atoms with Gasteiger partial charge in [-0.3, -0.25) is 0 Å². The van der Waals surface area contributed by atoms with Crippen LogP contribution in [0, 0.1) is 13.8 Å². The number of rotatable bonds is 3. The lowest BCUT2D eigenvalue weighted by atomic mass is 10.2. The highest BCUT2D eigenvalue weighted by Gasteiger charge is 2.28. The van der Waals surface area contributed by atoms with Gasteiger partial charge in [-0.15, -0.1) is 5.10 Å². The second-order valence-electron chi connectivity index (χ2n) is 5.73. The Labute approximate surface area is 135 Å². The quantitative estimate of drug-likeness (QED) is 0.946. The minimum absolute atomic E-state index is 0.0466. The number of aromatic nitrogens is 2. The highest BCUT2D eigenvalue weighted by atomic mass is 16.5. The molecule has 2 heterocycles. The number of carbonyl (C=O) groups excluding carboxylic acids is 1. The van der Waals surface area contributed by atoms with Gasteiger partial charge in [0.1, 0.15) is 6.10 Å². The van der Waals surface area contributed by atoms with E-state index in [2.05, 4.69) is 15.5 Å². The zero-order valence-electron chi connectivity index (χ0n) is 13.3. The van der Waals surface area contributed by atoms with E-state index >= 15 is 0 Å². The number of amides is 2. The van der Waals surface area contributed by atoms with Crippen molar-refractivity contribution in [2.24, 2.45) is 0 Å². The number of urea groups is 1. The van der Waals surface area contributed by atoms with Crippen molar-refractivity contribution in [2.45, 2.75) is 26.4 Å². The van der Waals surface area contributed by atoms with E-state index < -0.39 is 0 Å². The molecule has 1 fully saturated rings. The molecular formula is C17H20N4O2. The normalized spacial score (nSPS) is 17.1. The number of nitrogens with zero attached hydrogens (tertiary/aromatic N) is 3. The predicted octanol–water partition coefficient (Wildman–Crippen LogP) is 2.78. The first kappa shape index (κ1) is 15.3. The molecule has 3 rings (SSSR count). The maximum Gasteiger partial charge on any atom is 0.321 e. The molecule has 1 aromatic carbocycles. The van der Waals surface area contributed by atoms with Crippen molar-refractivity contribution in [3.05, 3.63) is 47.7 Å². The number of anilines is 1. The van der Waals surface area contributed by atoms with Crippen LogP contribution in [-0.2, 0) is 0 Å². The largest absolute Gasteiger partial charge is 0.471 e. The molecular weight excluding hydrogens is 292 g/mol. The van der Waals surface area contributed by atoms with Gasteiger partial charge in [0.25, 0.3) is 0 Å². The van der Waals surface area contributed by atoms with E-state index in [9.17, 15) is 4.79 Å². The maximum atomic E-state index is 12.3. The van der Waals surface area contributed by atoms with Crippen LogP contribution in [0.4, 0.5) is 10.5 Å². The van der Waals surface area contributed by atoms with E-state index in [1.807, 2.05) is 44.2 Å². The Morgan fingerprint density at radius 3 is 2.78 bits per heavy atom. The summed E-state index contributed by atoms with van der Waals surface area (Å²) in [6.07, 6.45) is 0.742. The molecule has 6 heteroatoms. The molecule has 1 saturated heterocycles. The summed E-state index contributed by atoms with van der Waals surface area (Å²) in [4.78, 5) is 14.1. The van der Waals surface area contributed by atoms with Gasteiger partial charge in [-0.2, -0.15) is 5.10 Å². The lowest BCUT2D eigenvalue weighted by Gasteiger charge is -2.18. The molecule has 0 radical (unpaired) electrons. The van der Waals surface area contributed by atoms with Gasteiger partial charge < -0.3 is 15.0 Å². The molecule has 0 saturated carbocycles. The highest BCUT2D eigenvalue weighted by Crippen LogP contribution is 2.19. The SMILES string of the molecule is Cc1ccc(OC2CCN(C(=O)Nc3ccccc3C)C2)nn1. The monoisotopic (exact) mass is 312 g/mol. The molecule has 6 nitrogen and oxygen atoms in total. The summed E-state index contributed by atoms with van der Waals surface area (Å²) in [6, 6.07) is 11.3. The molecule has 0 aliphatic carbocycles. The lowest BCUT2D eigenvalue weighted by molar-refractivity contribution is 0.188. The summed E-state index contributed by atoms with van der Waals surface area (Å²) < 4.78 is 5.79. The van der Waals surface area contributed by atoms with Crippen LogP contribution in [0.5, 0.6) is 5.88 Å². The fourth-order valence-electron chi connectivity index (χ4n) is 2.54. The number of carbonyl (C=O) groups is 1. The second kappa shape index (κ2) is 6.64. The maximum absolute atomic E-state index is 12.3. The van der Waals surface area contributed by atoms with Crippen molar-refractivity contribution in [1.29, 1.82) is 0 Å². The van der Waals surface area contributed by atoms with Gasteiger partial charge in [-0.05, 0) is 31.5 Å². The van der Waals surface area contributed by atoms with E-state index in [4.69, 9.17) is 4.74 Å². The third kappa shape index (κ3) is 3.77. The average molecular weight is 312 g/mol. The molecule has 2 aromatic rings. The summed E-state index contributed by atoms with van der Waals surface area (Å²) in [5.41, 5.74) is 2.73. The predicted molar refractivity (Wildman–Crippen MR) is 87.6 cm³/mol. The zero-order valence-corrected chi connectivity index (χ0v) is 13.3. The van der Waals surface area contributed by atoms with Crippen LogP contribution < -0.4 is 10.1 Å². The van der Waals surface area contributed by atoms with Gasteiger partial charge in [0.15, 0.2) is 0 Å². The van der Waals surface area contributed by atoms with Crippen LogP contribution in [0.25, 0.3) is 0 Å². The summed E-state index contributed by atoms with van der Waals surface area (Å²) in [7, 11) is 0. The minimum atomic E-state index is -0.0969. The zero-order chi connectivity index (χ0) is 16.2. The first-order valence-electron chi connectivity index (χ1n) is 7.70. The van der Waals surface area contributed by atoms with Gasteiger partial charge in [0.05, 0.1) is 12.2 Å². The van der Waals surface area contributed by atoms with E-state index in [1.165, 1.54) is 0 Å². The highest BCUT2D eigenvalue weighted by molar-refractivity contribution is 5.90. The average Bonchev–Trinajstić information content (AvgIpc) is 3.00. The Morgan fingerprint density at radius 2 is 2.04 bits per heavy atom. The topological polar surface area (TPSA) is 67.3 Å². The number of aryl methyl sites for hydroxylation is 2. The number of benzene rings is 1. The van der Waals surface area contributed by atoms with Crippen LogP contribution in [0.15, 0.2) is 36.4 Å². The number of nitrogens with one attached hydrogen (secondary N) is 1. The molecule has 1 N–H and O–H groups in total. The summed E-state index contributed by atoms with van der Waals surface area (Å²) in [5, 5.41) is 10.9. The van der Waals surface area contributed by atoms with Gasteiger partial charge in [-0.25, -0.2) is 4.79 Å². The van der Waals surface area contributed by atoms with Gasteiger partial charge in [0.2, 0.25) is 5.88 Å². The van der Waals surface area contributed by atoms with E-state index in [-0.39, 0.29) is 12.1 Å². The number of ether oxygens (including phenoxy) is 1. The van der Waals surface area contributed by atoms with Crippen LogP contribution in [0.2, 0.25) is 0 Å². The fourth-order valence-corrected chi connectivity index (χ4v) is 2.54. The molecule has 1 unspecified atom stereocenters. The van der Waals surface area contributed by atoms with Crippen LogP contribution in [-0.4, -0.2) is 40.3 Å². The lowest BCUT2D eigenvalue weighted by Crippen LogP contribution is -2.34. The van der Waals surface area contributed by atoms with E-state index in [1.54, 1.807) is 11.0 Å². The smallest absolute Gasteiger partial charge is 0.321 e. The Kier molecular flexibility index (Phi) is 4.41.